The molecule has 0 atom stereocenters. The van der Waals surface area contributed by atoms with Crippen LogP contribution < -0.4 is 4.74 Å². The van der Waals surface area contributed by atoms with E-state index in [2.05, 4.69) is 23.9 Å². The van der Waals surface area contributed by atoms with Gasteiger partial charge in [0.25, 0.3) is 0 Å². The van der Waals surface area contributed by atoms with Gasteiger partial charge in [-0.15, -0.1) is 0 Å². The van der Waals surface area contributed by atoms with Gasteiger partial charge in [-0.3, -0.25) is 0 Å². The largest absolute Gasteiger partial charge is 0.503 e. The minimum atomic E-state index is 0.0147. The predicted octanol–water partition coefficient (Wildman–Crippen LogP) is 2.83. The number of benzene rings is 1. The molecule has 1 N–H and O–H groups in total. The summed E-state index contributed by atoms with van der Waals surface area (Å²) in [6.07, 6.45) is 2.53. The minimum absolute atomic E-state index is 0.0147. The first kappa shape index (κ1) is 16.4. The van der Waals surface area contributed by atoms with Gasteiger partial charge in [0.1, 0.15) is 0 Å². The molecule has 1 heterocycles. The fourth-order valence-corrected chi connectivity index (χ4v) is 3.17. The lowest BCUT2D eigenvalue weighted by Gasteiger charge is -2.31. The van der Waals surface area contributed by atoms with Gasteiger partial charge in [0, 0.05) is 13.1 Å². The van der Waals surface area contributed by atoms with E-state index < -0.39 is 0 Å². The van der Waals surface area contributed by atoms with Gasteiger partial charge in [0.15, 0.2) is 11.5 Å². The predicted molar refractivity (Wildman–Crippen MR) is 86.2 cm³/mol. The molecule has 0 spiro atoms. The molecule has 1 aliphatic rings. The molecule has 1 fully saturated rings. The van der Waals surface area contributed by atoms with Crippen LogP contribution in [0.25, 0.3) is 0 Å². The van der Waals surface area contributed by atoms with Crippen molar-refractivity contribution < 1.29 is 9.84 Å². The summed E-state index contributed by atoms with van der Waals surface area (Å²) in [6.45, 7) is 4.28. The number of aromatic hydroxyl groups is 1. The molecule has 0 saturated carbocycles. The molecule has 21 heavy (non-hydrogen) atoms. The Balaban J connectivity index is 1.93. The topological polar surface area (TPSA) is 35.9 Å². The number of rotatable bonds is 5. The van der Waals surface area contributed by atoms with Gasteiger partial charge < -0.3 is 19.6 Å². The summed E-state index contributed by atoms with van der Waals surface area (Å²) in [4.78, 5) is 4.71. The fraction of sp³-hybridized carbons (Fsp3) is 0.625. The average Bonchev–Trinajstić information content (AvgIpc) is 2.45. The Morgan fingerprint density at radius 1 is 1.38 bits per heavy atom. The first-order chi connectivity index (χ1) is 9.99. The van der Waals surface area contributed by atoms with Crippen LogP contribution in [0.1, 0.15) is 18.4 Å². The molecule has 2 rings (SSSR count). The standard InChI is InChI=1S/C16H25ClN2O2/c1-18-6-4-12(5-7-18)10-19(2)11-13-8-14(17)16(20)15(9-13)21-3/h8-9,12,20H,4-7,10-11H2,1-3H3. The SMILES string of the molecule is COc1cc(CN(C)CC2CCN(C)CC2)cc(Cl)c1O. The molecule has 1 aromatic carbocycles. The normalized spacial score (nSPS) is 17.4. The van der Waals surface area contributed by atoms with Gasteiger partial charge in [-0.2, -0.15) is 0 Å². The molecule has 0 radical (unpaired) electrons. The zero-order valence-corrected chi connectivity index (χ0v) is 13.9. The van der Waals surface area contributed by atoms with Crippen molar-refractivity contribution in [3.8, 4) is 11.5 Å². The Morgan fingerprint density at radius 3 is 2.67 bits per heavy atom. The lowest BCUT2D eigenvalue weighted by molar-refractivity contribution is 0.173. The van der Waals surface area contributed by atoms with E-state index >= 15 is 0 Å². The summed E-state index contributed by atoms with van der Waals surface area (Å²) >= 11 is 6.04. The summed E-state index contributed by atoms with van der Waals surface area (Å²) in [7, 11) is 5.85. The third-order valence-corrected chi connectivity index (χ3v) is 4.46. The number of halogens is 1. The van der Waals surface area contributed by atoms with E-state index in [4.69, 9.17) is 16.3 Å². The van der Waals surface area contributed by atoms with Crippen LogP contribution in [0.4, 0.5) is 0 Å². The van der Waals surface area contributed by atoms with Crippen LogP contribution >= 0.6 is 11.6 Å². The van der Waals surface area contributed by atoms with E-state index in [1.54, 1.807) is 0 Å². The van der Waals surface area contributed by atoms with E-state index in [0.717, 1.165) is 24.6 Å². The summed E-state index contributed by atoms with van der Waals surface area (Å²) in [6, 6.07) is 3.66. The second kappa shape index (κ2) is 7.34. The van der Waals surface area contributed by atoms with Crippen molar-refractivity contribution in [3.05, 3.63) is 22.7 Å². The summed E-state index contributed by atoms with van der Waals surface area (Å²) in [5, 5.41) is 10.1. The zero-order chi connectivity index (χ0) is 15.4. The molecule has 0 aromatic heterocycles. The highest BCUT2D eigenvalue weighted by Gasteiger charge is 2.18. The number of nitrogens with zero attached hydrogens (tertiary/aromatic N) is 2. The van der Waals surface area contributed by atoms with Gasteiger partial charge in [-0.05, 0) is 63.6 Å². The van der Waals surface area contributed by atoms with Crippen molar-refractivity contribution in [2.24, 2.45) is 5.92 Å². The van der Waals surface area contributed by atoms with Crippen LogP contribution in [0.15, 0.2) is 12.1 Å². The Kier molecular flexibility index (Phi) is 5.73. The molecule has 1 saturated heterocycles. The summed E-state index contributed by atoms with van der Waals surface area (Å²) < 4.78 is 5.15. The minimum Gasteiger partial charge on any atom is -0.503 e. The van der Waals surface area contributed by atoms with Crippen LogP contribution in [0.2, 0.25) is 5.02 Å². The third kappa shape index (κ3) is 4.50. The first-order valence-corrected chi connectivity index (χ1v) is 7.80. The number of hydrogen-bond acceptors (Lipinski definition) is 4. The molecule has 1 aromatic rings. The van der Waals surface area contributed by atoms with Crippen molar-refractivity contribution in [1.82, 2.24) is 9.80 Å². The van der Waals surface area contributed by atoms with E-state index in [9.17, 15) is 5.11 Å². The molecule has 0 amide bonds. The zero-order valence-electron chi connectivity index (χ0n) is 13.1. The number of piperidine rings is 1. The van der Waals surface area contributed by atoms with Crippen molar-refractivity contribution in [2.45, 2.75) is 19.4 Å². The number of phenols is 1. The van der Waals surface area contributed by atoms with Crippen molar-refractivity contribution in [2.75, 3.05) is 40.8 Å². The molecule has 4 nitrogen and oxygen atoms in total. The lowest BCUT2D eigenvalue weighted by atomic mass is 9.96. The van der Waals surface area contributed by atoms with Gasteiger partial charge in [0.05, 0.1) is 12.1 Å². The van der Waals surface area contributed by atoms with E-state index in [0.29, 0.717) is 10.8 Å². The van der Waals surface area contributed by atoms with Gasteiger partial charge in [-0.1, -0.05) is 11.6 Å². The van der Waals surface area contributed by atoms with Crippen molar-refractivity contribution in [3.63, 3.8) is 0 Å². The van der Waals surface area contributed by atoms with Gasteiger partial charge >= 0.3 is 0 Å². The van der Waals surface area contributed by atoms with Crippen LogP contribution in [0.3, 0.4) is 0 Å². The lowest BCUT2D eigenvalue weighted by Crippen LogP contribution is -2.35. The highest BCUT2D eigenvalue weighted by molar-refractivity contribution is 6.32. The molecule has 5 heteroatoms. The molecule has 0 unspecified atom stereocenters. The van der Waals surface area contributed by atoms with Crippen molar-refractivity contribution >= 4 is 11.6 Å². The molecule has 1 aliphatic heterocycles. The number of phenolic OH excluding ortho intramolecular Hbond substituents is 1. The maximum atomic E-state index is 9.77. The average molecular weight is 313 g/mol. The fourth-order valence-electron chi connectivity index (χ4n) is 2.94. The Hall–Kier alpha value is -0.970. The summed E-state index contributed by atoms with van der Waals surface area (Å²) in [5.41, 5.74) is 1.06. The Morgan fingerprint density at radius 2 is 2.05 bits per heavy atom. The van der Waals surface area contributed by atoms with Crippen molar-refractivity contribution in [1.29, 1.82) is 0 Å². The molecule has 0 bridgehead atoms. The Bertz CT molecular complexity index is 474. The number of hydrogen-bond donors (Lipinski definition) is 1. The number of methoxy groups -OCH3 is 1. The molecule has 0 aliphatic carbocycles. The highest BCUT2D eigenvalue weighted by Crippen LogP contribution is 2.35. The number of likely N-dealkylation sites (tertiary alicyclic amines) is 1. The molecular weight excluding hydrogens is 288 g/mol. The van der Waals surface area contributed by atoms with Crippen LogP contribution in [-0.4, -0.2) is 55.7 Å². The molecular formula is C16H25ClN2O2. The monoisotopic (exact) mass is 312 g/mol. The maximum Gasteiger partial charge on any atom is 0.176 e. The second-order valence-electron chi connectivity index (χ2n) is 6.07. The highest BCUT2D eigenvalue weighted by atomic mass is 35.5. The van der Waals surface area contributed by atoms with E-state index in [1.165, 1.54) is 33.0 Å². The van der Waals surface area contributed by atoms with E-state index in [-0.39, 0.29) is 5.75 Å². The second-order valence-corrected chi connectivity index (χ2v) is 6.48. The number of ether oxygens (including phenoxy) is 1. The quantitative estimate of drug-likeness (QED) is 0.907. The van der Waals surface area contributed by atoms with Crippen LogP contribution in [-0.2, 0) is 6.54 Å². The Labute approximate surface area is 132 Å². The summed E-state index contributed by atoms with van der Waals surface area (Å²) in [5.74, 6) is 1.21. The van der Waals surface area contributed by atoms with Gasteiger partial charge in [0.2, 0.25) is 0 Å². The third-order valence-electron chi connectivity index (χ3n) is 4.17. The maximum absolute atomic E-state index is 9.77. The van der Waals surface area contributed by atoms with E-state index in [1.807, 2.05) is 12.1 Å². The van der Waals surface area contributed by atoms with Crippen LogP contribution in [0, 0.1) is 5.92 Å². The van der Waals surface area contributed by atoms with Gasteiger partial charge in [-0.25, -0.2) is 0 Å². The smallest absolute Gasteiger partial charge is 0.176 e. The first-order valence-electron chi connectivity index (χ1n) is 7.42. The van der Waals surface area contributed by atoms with Crippen LogP contribution in [0.5, 0.6) is 11.5 Å². The molecule has 118 valence electrons.